The molecule has 1 aromatic heterocycles. The number of imidazole rings is 1. The van der Waals surface area contributed by atoms with Crippen molar-refractivity contribution in [3.63, 3.8) is 0 Å². The van der Waals surface area contributed by atoms with Gasteiger partial charge in [0.2, 0.25) is 0 Å². The van der Waals surface area contributed by atoms with Crippen LogP contribution in [-0.4, -0.2) is 27.5 Å². The van der Waals surface area contributed by atoms with Crippen LogP contribution in [0.25, 0.3) is 11.3 Å². The van der Waals surface area contributed by atoms with Crippen LogP contribution in [0.5, 0.6) is 0 Å². The molecule has 1 saturated carbocycles. The SMILES string of the molecule is O=C(OCc1ccccc1)N1CC2(CC2)CC1c1ncc(-c2ccc(Br)cc2)[nH]1. The quantitative estimate of drug-likeness (QED) is 0.552. The fraction of sp³-hybridized carbons (Fsp3) is 0.304. The normalized spacial score (nSPS) is 19.5. The Morgan fingerprint density at radius 3 is 2.66 bits per heavy atom. The molecule has 2 fully saturated rings. The largest absolute Gasteiger partial charge is 0.445 e. The topological polar surface area (TPSA) is 58.2 Å². The summed E-state index contributed by atoms with van der Waals surface area (Å²) in [6, 6.07) is 17.8. The number of carbonyl (C=O) groups is 1. The number of nitrogens with one attached hydrogen (secondary N) is 1. The standard InChI is InChI=1S/C23H22BrN3O2/c24-18-8-6-17(7-9-18)19-13-25-21(26-19)20-12-23(10-11-23)15-27(20)22(28)29-14-16-4-2-1-3-5-16/h1-9,13,20H,10-12,14-15H2,(H,25,26). The van der Waals surface area contributed by atoms with Gasteiger partial charge in [0.05, 0.1) is 17.9 Å². The summed E-state index contributed by atoms with van der Waals surface area (Å²) in [7, 11) is 0. The molecule has 1 saturated heterocycles. The molecule has 0 bridgehead atoms. The molecule has 1 spiro atoms. The summed E-state index contributed by atoms with van der Waals surface area (Å²) in [4.78, 5) is 22.8. The Morgan fingerprint density at radius 2 is 1.93 bits per heavy atom. The molecule has 6 heteroatoms. The molecule has 2 aromatic carbocycles. The van der Waals surface area contributed by atoms with E-state index in [1.165, 1.54) is 12.8 Å². The van der Waals surface area contributed by atoms with Crippen molar-refractivity contribution in [3.05, 3.63) is 76.7 Å². The molecule has 2 heterocycles. The summed E-state index contributed by atoms with van der Waals surface area (Å²) >= 11 is 3.47. The van der Waals surface area contributed by atoms with Crippen LogP contribution in [0.2, 0.25) is 0 Å². The Labute approximate surface area is 178 Å². The first-order chi connectivity index (χ1) is 14.1. The molecule has 1 unspecified atom stereocenters. The Kier molecular flexibility index (Phi) is 4.66. The number of ether oxygens (including phenoxy) is 1. The van der Waals surface area contributed by atoms with Crippen LogP contribution in [0, 0.1) is 5.41 Å². The van der Waals surface area contributed by atoms with Gasteiger partial charge >= 0.3 is 6.09 Å². The number of hydrogen-bond acceptors (Lipinski definition) is 3. The van der Waals surface area contributed by atoms with Crippen LogP contribution in [0.4, 0.5) is 4.79 Å². The van der Waals surface area contributed by atoms with E-state index in [1.54, 1.807) is 0 Å². The smallest absolute Gasteiger partial charge is 0.410 e. The second-order valence-electron chi connectivity index (χ2n) is 8.08. The van der Waals surface area contributed by atoms with Crippen molar-refractivity contribution < 1.29 is 9.53 Å². The van der Waals surface area contributed by atoms with Gasteiger partial charge in [0.25, 0.3) is 0 Å². The molecule has 5 rings (SSSR count). The minimum Gasteiger partial charge on any atom is -0.445 e. The van der Waals surface area contributed by atoms with Crippen molar-refractivity contribution in [2.75, 3.05) is 6.54 Å². The van der Waals surface area contributed by atoms with Crippen molar-refractivity contribution in [2.45, 2.75) is 31.9 Å². The van der Waals surface area contributed by atoms with Crippen LogP contribution >= 0.6 is 15.9 Å². The molecule has 148 valence electrons. The average Bonchev–Trinajstić information content (AvgIpc) is 3.14. The second kappa shape index (κ2) is 7.34. The van der Waals surface area contributed by atoms with Crippen molar-refractivity contribution >= 4 is 22.0 Å². The van der Waals surface area contributed by atoms with E-state index in [2.05, 4.69) is 25.9 Å². The highest BCUT2D eigenvalue weighted by atomic mass is 79.9. The maximum Gasteiger partial charge on any atom is 0.410 e. The molecular weight excluding hydrogens is 430 g/mol. The van der Waals surface area contributed by atoms with E-state index in [0.29, 0.717) is 0 Å². The van der Waals surface area contributed by atoms with Crippen LogP contribution in [0.15, 0.2) is 65.3 Å². The number of H-pyrrole nitrogens is 1. The van der Waals surface area contributed by atoms with E-state index in [9.17, 15) is 4.79 Å². The summed E-state index contributed by atoms with van der Waals surface area (Å²) in [6.45, 7) is 1.04. The summed E-state index contributed by atoms with van der Waals surface area (Å²) in [5.74, 6) is 0.836. The van der Waals surface area contributed by atoms with Crippen LogP contribution < -0.4 is 0 Å². The number of carbonyl (C=O) groups excluding carboxylic acids is 1. The third-order valence-electron chi connectivity index (χ3n) is 5.97. The lowest BCUT2D eigenvalue weighted by Gasteiger charge is -2.22. The lowest BCUT2D eigenvalue weighted by molar-refractivity contribution is 0.0899. The Morgan fingerprint density at radius 1 is 1.17 bits per heavy atom. The van der Waals surface area contributed by atoms with E-state index in [0.717, 1.165) is 40.1 Å². The summed E-state index contributed by atoms with van der Waals surface area (Å²) in [5, 5.41) is 0. The Hall–Kier alpha value is -2.60. The van der Waals surface area contributed by atoms with E-state index in [4.69, 9.17) is 4.74 Å². The first kappa shape index (κ1) is 18.4. The number of aromatic nitrogens is 2. The first-order valence-electron chi connectivity index (χ1n) is 9.90. The average molecular weight is 452 g/mol. The minimum atomic E-state index is -0.260. The monoisotopic (exact) mass is 451 g/mol. The predicted octanol–water partition coefficient (Wildman–Crippen LogP) is 5.70. The first-order valence-corrected chi connectivity index (χ1v) is 10.7. The van der Waals surface area contributed by atoms with Gasteiger partial charge in [-0.25, -0.2) is 9.78 Å². The number of rotatable bonds is 4. The van der Waals surface area contributed by atoms with E-state index < -0.39 is 0 Å². The fourth-order valence-corrected chi connectivity index (χ4v) is 4.38. The maximum absolute atomic E-state index is 12.9. The van der Waals surface area contributed by atoms with Gasteiger partial charge in [-0.05, 0) is 47.9 Å². The van der Waals surface area contributed by atoms with Crippen molar-refractivity contribution in [3.8, 4) is 11.3 Å². The molecule has 3 aromatic rings. The summed E-state index contributed by atoms with van der Waals surface area (Å²) in [6.07, 6.45) is 4.88. The van der Waals surface area contributed by atoms with Gasteiger partial charge in [0, 0.05) is 11.0 Å². The lowest BCUT2D eigenvalue weighted by Crippen LogP contribution is -2.32. The van der Waals surface area contributed by atoms with Gasteiger partial charge in [-0.15, -0.1) is 0 Å². The second-order valence-corrected chi connectivity index (χ2v) is 8.99. The van der Waals surface area contributed by atoms with Gasteiger partial charge in [-0.1, -0.05) is 58.4 Å². The van der Waals surface area contributed by atoms with Crippen molar-refractivity contribution in [2.24, 2.45) is 5.41 Å². The van der Waals surface area contributed by atoms with E-state index in [-0.39, 0.29) is 24.2 Å². The number of aromatic amines is 1. The zero-order valence-electron chi connectivity index (χ0n) is 16.0. The number of likely N-dealkylation sites (tertiary alicyclic amines) is 1. The highest BCUT2D eigenvalue weighted by Gasteiger charge is 2.54. The van der Waals surface area contributed by atoms with E-state index in [1.807, 2.05) is 65.7 Å². The van der Waals surface area contributed by atoms with E-state index >= 15 is 0 Å². The molecule has 5 nitrogen and oxygen atoms in total. The number of hydrogen-bond donors (Lipinski definition) is 1. The van der Waals surface area contributed by atoms with Crippen LogP contribution in [0.1, 0.15) is 36.7 Å². The molecule has 1 aliphatic carbocycles. The van der Waals surface area contributed by atoms with Crippen molar-refractivity contribution in [1.82, 2.24) is 14.9 Å². The fourth-order valence-electron chi connectivity index (χ4n) is 4.12. The molecule has 2 aliphatic rings. The Bertz CT molecular complexity index is 1010. The number of benzene rings is 2. The number of amides is 1. The van der Waals surface area contributed by atoms with Gasteiger partial charge in [0.15, 0.2) is 0 Å². The third-order valence-corrected chi connectivity index (χ3v) is 6.50. The molecule has 0 radical (unpaired) electrons. The maximum atomic E-state index is 12.9. The summed E-state index contributed by atoms with van der Waals surface area (Å²) in [5.41, 5.74) is 3.28. The van der Waals surface area contributed by atoms with Gasteiger partial charge in [0.1, 0.15) is 12.4 Å². The molecular formula is C23H22BrN3O2. The third kappa shape index (κ3) is 3.81. The van der Waals surface area contributed by atoms with Crippen molar-refractivity contribution in [1.29, 1.82) is 0 Å². The predicted molar refractivity (Wildman–Crippen MR) is 114 cm³/mol. The minimum absolute atomic E-state index is 0.0648. The zero-order valence-corrected chi connectivity index (χ0v) is 17.6. The Balaban J connectivity index is 1.34. The van der Waals surface area contributed by atoms with Gasteiger partial charge in [-0.2, -0.15) is 0 Å². The molecule has 1 amide bonds. The van der Waals surface area contributed by atoms with Crippen LogP contribution in [0.3, 0.4) is 0 Å². The van der Waals surface area contributed by atoms with Crippen LogP contribution in [-0.2, 0) is 11.3 Å². The highest BCUT2D eigenvalue weighted by Crippen LogP contribution is 2.58. The molecule has 1 atom stereocenters. The van der Waals surface area contributed by atoms with Gasteiger partial charge in [-0.3, -0.25) is 4.90 Å². The van der Waals surface area contributed by atoms with Gasteiger partial charge < -0.3 is 9.72 Å². The molecule has 29 heavy (non-hydrogen) atoms. The highest BCUT2D eigenvalue weighted by molar-refractivity contribution is 9.10. The molecule has 1 aliphatic heterocycles. The zero-order chi connectivity index (χ0) is 19.8. The summed E-state index contributed by atoms with van der Waals surface area (Å²) < 4.78 is 6.67. The molecule has 1 N–H and O–H groups in total. The number of halogens is 1. The number of nitrogens with zero attached hydrogens (tertiary/aromatic N) is 2. The lowest BCUT2D eigenvalue weighted by atomic mass is 10.0.